The summed E-state index contributed by atoms with van der Waals surface area (Å²) in [6.45, 7) is 12.5. The number of esters is 1. The number of hydrogen-bond acceptors (Lipinski definition) is 5. The molecule has 0 amide bonds. The highest BCUT2D eigenvalue weighted by Gasteiger charge is 2.35. The predicted molar refractivity (Wildman–Crippen MR) is 124 cm³/mol. The van der Waals surface area contributed by atoms with Gasteiger partial charge in [-0.25, -0.2) is 4.68 Å². The Morgan fingerprint density at radius 3 is 2.78 bits per heavy atom. The second-order valence-corrected chi connectivity index (χ2v) is 9.21. The van der Waals surface area contributed by atoms with Crippen molar-refractivity contribution in [1.82, 2.24) is 9.78 Å². The number of fused-ring (bicyclic) bond motifs is 1. The van der Waals surface area contributed by atoms with Gasteiger partial charge in [0.1, 0.15) is 24.9 Å². The molecule has 1 unspecified atom stereocenters. The van der Waals surface area contributed by atoms with E-state index in [1.54, 1.807) is 30.4 Å². The number of carbonyl (C=O) groups is 2. The van der Waals surface area contributed by atoms with E-state index in [0.717, 1.165) is 55.4 Å². The van der Waals surface area contributed by atoms with Crippen molar-refractivity contribution in [3.63, 3.8) is 0 Å². The first kappa shape index (κ1) is 23.9. The Labute approximate surface area is 190 Å². The summed E-state index contributed by atoms with van der Waals surface area (Å²) in [4.78, 5) is 25.4. The van der Waals surface area contributed by atoms with Gasteiger partial charge < -0.3 is 9.47 Å². The lowest BCUT2D eigenvalue weighted by Crippen LogP contribution is -2.27. The van der Waals surface area contributed by atoms with Crippen molar-refractivity contribution in [2.75, 3.05) is 13.2 Å². The van der Waals surface area contributed by atoms with Gasteiger partial charge in [0.25, 0.3) is 0 Å². The number of allylic oxidation sites excluding steroid dienone is 4. The van der Waals surface area contributed by atoms with Gasteiger partial charge in [0.2, 0.25) is 0 Å². The SMILES string of the molecule is C=C/C=C\C(=C/C=C)COC(=O)CC(=O)c1nn(C2CCCCO2)c2c1CCC(C)(C)C2. The van der Waals surface area contributed by atoms with Crippen LogP contribution in [0.5, 0.6) is 0 Å². The Morgan fingerprint density at radius 2 is 2.09 bits per heavy atom. The van der Waals surface area contributed by atoms with E-state index in [4.69, 9.17) is 9.47 Å². The van der Waals surface area contributed by atoms with Gasteiger partial charge >= 0.3 is 5.97 Å². The number of aromatic nitrogens is 2. The molecular weight excluding hydrogens is 404 g/mol. The molecule has 1 fully saturated rings. The number of carbonyl (C=O) groups excluding carboxylic acids is 2. The molecule has 1 aliphatic heterocycles. The summed E-state index contributed by atoms with van der Waals surface area (Å²) in [5, 5.41) is 4.69. The van der Waals surface area contributed by atoms with Gasteiger partial charge in [0.15, 0.2) is 5.78 Å². The van der Waals surface area contributed by atoms with Crippen LogP contribution in [-0.4, -0.2) is 34.7 Å². The maximum absolute atomic E-state index is 13.1. The number of rotatable bonds is 9. The van der Waals surface area contributed by atoms with Gasteiger partial charge in [-0.15, -0.1) is 0 Å². The lowest BCUT2D eigenvalue weighted by Gasteiger charge is -2.32. The molecule has 0 radical (unpaired) electrons. The van der Waals surface area contributed by atoms with E-state index in [1.807, 2.05) is 4.68 Å². The minimum Gasteiger partial charge on any atom is -0.460 e. The highest BCUT2D eigenvalue weighted by atomic mass is 16.5. The quantitative estimate of drug-likeness (QED) is 0.233. The molecule has 0 spiro atoms. The molecule has 1 aromatic heterocycles. The van der Waals surface area contributed by atoms with Crippen LogP contribution in [0, 0.1) is 5.41 Å². The first-order valence-electron chi connectivity index (χ1n) is 11.4. The van der Waals surface area contributed by atoms with E-state index in [9.17, 15) is 9.59 Å². The predicted octanol–water partition coefficient (Wildman–Crippen LogP) is 5.07. The van der Waals surface area contributed by atoms with Crippen LogP contribution in [0.1, 0.15) is 73.9 Å². The molecule has 1 saturated heterocycles. The third-order valence-electron chi connectivity index (χ3n) is 5.99. The van der Waals surface area contributed by atoms with Crippen molar-refractivity contribution >= 4 is 11.8 Å². The second kappa shape index (κ2) is 10.7. The standard InChI is InChI=1S/C26H34N2O4/c1-5-7-11-19(10-6-2)18-32-24(30)16-22(29)25-20-13-14-26(3,4)17-21(20)28(27-25)23-12-8-9-15-31-23/h5-7,10-11,23H,1-2,8-9,12-18H2,3-4H3/b11-7-,19-10+. The summed E-state index contributed by atoms with van der Waals surface area (Å²) in [6, 6.07) is 0. The van der Waals surface area contributed by atoms with E-state index in [1.165, 1.54) is 0 Å². The van der Waals surface area contributed by atoms with Crippen LogP contribution in [0.3, 0.4) is 0 Å². The van der Waals surface area contributed by atoms with E-state index < -0.39 is 5.97 Å². The molecule has 0 bridgehead atoms. The summed E-state index contributed by atoms with van der Waals surface area (Å²) in [7, 11) is 0. The fourth-order valence-electron chi connectivity index (χ4n) is 4.26. The van der Waals surface area contributed by atoms with Crippen LogP contribution in [0.15, 0.2) is 49.1 Å². The molecule has 0 N–H and O–H groups in total. The number of hydrogen-bond donors (Lipinski definition) is 0. The Hall–Kier alpha value is -2.73. The average molecular weight is 439 g/mol. The first-order chi connectivity index (χ1) is 15.3. The maximum atomic E-state index is 13.1. The molecule has 1 atom stereocenters. The molecule has 1 aromatic rings. The lowest BCUT2D eigenvalue weighted by atomic mass is 9.76. The van der Waals surface area contributed by atoms with Crippen molar-refractivity contribution < 1.29 is 19.1 Å². The van der Waals surface area contributed by atoms with Crippen LogP contribution >= 0.6 is 0 Å². The zero-order chi connectivity index (χ0) is 23.1. The van der Waals surface area contributed by atoms with E-state index in [2.05, 4.69) is 32.1 Å². The molecule has 0 saturated carbocycles. The van der Waals surface area contributed by atoms with Crippen molar-refractivity contribution in [3.8, 4) is 0 Å². The molecule has 6 nitrogen and oxygen atoms in total. The monoisotopic (exact) mass is 438 g/mol. The van der Waals surface area contributed by atoms with Gasteiger partial charge in [-0.1, -0.05) is 57.4 Å². The Morgan fingerprint density at radius 1 is 1.28 bits per heavy atom. The number of Topliss-reactive ketones (excluding diaryl/α,β-unsaturated/α-hetero) is 1. The maximum Gasteiger partial charge on any atom is 0.314 e. The third-order valence-corrected chi connectivity index (χ3v) is 5.99. The molecule has 2 aliphatic rings. The van der Waals surface area contributed by atoms with Gasteiger partial charge in [-0.05, 0) is 49.5 Å². The van der Waals surface area contributed by atoms with E-state index in [-0.39, 0.29) is 30.5 Å². The Balaban J connectivity index is 1.74. The van der Waals surface area contributed by atoms with Gasteiger partial charge in [-0.3, -0.25) is 9.59 Å². The molecule has 1 aliphatic carbocycles. The molecule has 0 aromatic carbocycles. The molecular formula is C26H34N2O4. The normalized spacial score (nSPS) is 20.6. The first-order valence-corrected chi connectivity index (χ1v) is 11.4. The van der Waals surface area contributed by atoms with Crippen molar-refractivity contribution in [2.45, 2.75) is 65.0 Å². The zero-order valence-corrected chi connectivity index (χ0v) is 19.3. The Kier molecular flexibility index (Phi) is 8.02. The lowest BCUT2D eigenvalue weighted by molar-refractivity contribution is -0.141. The minimum atomic E-state index is -0.565. The van der Waals surface area contributed by atoms with Crippen molar-refractivity contribution in [1.29, 1.82) is 0 Å². The van der Waals surface area contributed by atoms with Crippen LogP contribution in [-0.2, 0) is 27.1 Å². The largest absolute Gasteiger partial charge is 0.460 e. The fourth-order valence-corrected chi connectivity index (χ4v) is 4.26. The summed E-state index contributed by atoms with van der Waals surface area (Å²) in [6.07, 6.45) is 13.7. The summed E-state index contributed by atoms with van der Waals surface area (Å²) in [5.41, 5.74) is 3.35. The number of ketones is 1. The van der Waals surface area contributed by atoms with Gasteiger partial charge in [0.05, 0.1) is 0 Å². The van der Waals surface area contributed by atoms with Crippen LogP contribution in [0.25, 0.3) is 0 Å². The minimum absolute atomic E-state index is 0.0686. The summed E-state index contributed by atoms with van der Waals surface area (Å²) >= 11 is 0. The Bertz CT molecular complexity index is 930. The molecule has 172 valence electrons. The average Bonchev–Trinajstić information content (AvgIpc) is 3.14. The molecule has 2 heterocycles. The number of nitrogens with zero attached hydrogens (tertiary/aromatic N) is 2. The molecule has 32 heavy (non-hydrogen) atoms. The van der Waals surface area contributed by atoms with Crippen LogP contribution in [0.2, 0.25) is 0 Å². The molecule has 6 heteroatoms. The third kappa shape index (κ3) is 5.94. The zero-order valence-electron chi connectivity index (χ0n) is 19.3. The van der Waals surface area contributed by atoms with Gasteiger partial charge in [-0.2, -0.15) is 5.10 Å². The van der Waals surface area contributed by atoms with Crippen LogP contribution in [0.4, 0.5) is 0 Å². The topological polar surface area (TPSA) is 70.4 Å². The highest BCUT2D eigenvalue weighted by Crippen LogP contribution is 2.38. The van der Waals surface area contributed by atoms with Crippen LogP contribution < -0.4 is 0 Å². The summed E-state index contributed by atoms with van der Waals surface area (Å²) < 4.78 is 13.2. The van der Waals surface area contributed by atoms with Crippen molar-refractivity contribution in [3.05, 3.63) is 66.1 Å². The second-order valence-electron chi connectivity index (χ2n) is 9.21. The van der Waals surface area contributed by atoms with Crippen molar-refractivity contribution in [2.24, 2.45) is 5.41 Å². The number of ether oxygens (including phenoxy) is 2. The van der Waals surface area contributed by atoms with Gasteiger partial charge in [0, 0.05) is 17.9 Å². The fraction of sp³-hybridized carbons (Fsp3) is 0.500. The van der Waals surface area contributed by atoms with E-state index >= 15 is 0 Å². The summed E-state index contributed by atoms with van der Waals surface area (Å²) in [5.74, 6) is -0.860. The highest BCUT2D eigenvalue weighted by molar-refractivity contribution is 6.05. The van der Waals surface area contributed by atoms with E-state index in [0.29, 0.717) is 12.3 Å². The smallest absolute Gasteiger partial charge is 0.314 e. The molecule has 3 rings (SSSR count).